The largest absolute Gasteiger partial charge is 0.351 e. The minimum absolute atomic E-state index is 0.0649. The summed E-state index contributed by atoms with van der Waals surface area (Å²) >= 11 is 0. The van der Waals surface area contributed by atoms with Gasteiger partial charge in [-0.05, 0) is 11.5 Å². The lowest BCUT2D eigenvalue weighted by molar-refractivity contribution is -0.728. The second-order valence-electron chi connectivity index (χ2n) is 7.53. The fourth-order valence-electron chi connectivity index (χ4n) is 3.24. The number of imide groups is 1. The highest BCUT2D eigenvalue weighted by molar-refractivity contribution is 5.96. The minimum Gasteiger partial charge on any atom is -0.351 e. The molecule has 2 aromatic carbocycles. The Hall–Kier alpha value is -2.66. The van der Waals surface area contributed by atoms with Crippen LogP contribution in [0, 0.1) is 5.92 Å². The van der Waals surface area contributed by atoms with Crippen LogP contribution in [0.5, 0.6) is 0 Å². The lowest BCUT2D eigenvalue weighted by Crippen LogP contribution is -2.89. The zero-order chi connectivity index (χ0) is 20.0. The molecule has 2 atom stereocenters. The molecule has 0 aliphatic rings. The van der Waals surface area contributed by atoms with Crippen molar-refractivity contribution in [2.24, 2.45) is 11.7 Å². The number of carbonyl (C=O) groups is 2. The van der Waals surface area contributed by atoms with Gasteiger partial charge in [0.05, 0.1) is 0 Å². The number of primary amides is 1. The lowest BCUT2D eigenvalue weighted by atomic mass is 9.92. The van der Waals surface area contributed by atoms with Crippen LogP contribution in [0.1, 0.15) is 62.4 Å². The van der Waals surface area contributed by atoms with Gasteiger partial charge < -0.3 is 11.1 Å². The van der Waals surface area contributed by atoms with Crippen LogP contribution >= 0.6 is 0 Å². The number of urea groups is 1. The highest BCUT2D eigenvalue weighted by Crippen LogP contribution is 2.23. The topological polar surface area (TPSA) is 88.8 Å². The summed E-state index contributed by atoms with van der Waals surface area (Å²) < 4.78 is 0. The molecule has 0 saturated heterocycles. The predicted octanol–water partition coefficient (Wildman–Crippen LogP) is 3.01. The standard InChI is InChI=1S/C22H29N3O2/c1-14(2)16-10-12-18(13-11-16)19(15(3)4)24-20(21(26)25-22(23)27)17-8-6-5-7-9-17/h5-15,19-20,24H,1-4H3,(H3,23,25,26,27)/p+1/t19-,20+/m0/s1. The molecule has 0 aromatic heterocycles. The molecule has 0 fully saturated rings. The van der Waals surface area contributed by atoms with Crippen molar-refractivity contribution < 1.29 is 14.9 Å². The van der Waals surface area contributed by atoms with Gasteiger partial charge in [0.2, 0.25) is 0 Å². The van der Waals surface area contributed by atoms with Crippen molar-refractivity contribution in [2.45, 2.75) is 45.7 Å². The summed E-state index contributed by atoms with van der Waals surface area (Å²) in [5.74, 6) is 0.361. The smallest absolute Gasteiger partial charge is 0.319 e. The monoisotopic (exact) mass is 368 g/mol. The Labute approximate surface area is 161 Å². The molecule has 5 heteroatoms. The average molecular weight is 369 g/mol. The number of quaternary nitrogens is 1. The minimum atomic E-state index is -0.836. The number of nitrogens with two attached hydrogens (primary N) is 2. The van der Waals surface area contributed by atoms with E-state index in [4.69, 9.17) is 5.73 Å². The Bertz CT molecular complexity index is 755. The summed E-state index contributed by atoms with van der Waals surface area (Å²) in [5, 5.41) is 4.25. The van der Waals surface area contributed by atoms with Crippen molar-refractivity contribution in [3.05, 3.63) is 71.3 Å². The molecule has 5 N–H and O–H groups in total. The Morgan fingerprint density at radius 2 is 1.41 bits per heavy atom. The predicted molar refractivity (Wildman–Crippen MR) is 107 cm³/mol. The van der Waals surface area contributed by atoms with E-state index in [1.54, 1.807) is 0 Å². The fraction of sp³-hybridized carbons (Fsp3) is 0.364. The van der Waals surface area contributed by atoms with Crippen molar-refractivity contribution in [3.63, 3.8) is 0 Å². The zero-order valence-electron chi connectivity index (χ0n) is 16.5. The quantitative estimate of drug-likeness (QED) is 0.701. The molecule has 144 valence electrons. The molecule has 5 nitrogen and oxygen atoms in total. The van der Waals surface area contributed by atoms with Crippen LogP contribution in [0.25, 0.3) is 0 Å². The van der Waals surface area contributed by atoms with Gasteiger partial charge in [0.25, 0.3) is 5.91 Å². The first-order valence-corrected chi connectivity index (χ1v) is 9.39. The molecule has 0 bridgehead atoms. The highest BCUT2D eigenvalue weighted by Gasteiger charge is 2.31. The molecule has 0 heterocycles. The maximum Gasteiger partial charge on any atom is 0.319 e. The van der Waals surface area contributed by atoms with E-state index in [0.717, 1.165) is 11.1 Å². The van der Waals surface area contributed by atoms with Crippen molar-refractivity contribution in [2.75, 3.05) is 0 Å². The SMILES string of the molecule is CC(C)c1ccc([C@@H]([NH2+][C@@H](C(=O)NC(N)=O)c2ccccc2)C(C)C)cc1. The molecule has 0 unspecified atom stereocenters. The maximum absolute atomic E-state index is 12.6. The van der Waals surface area contributed by atoms with Gasteiger partial charge in [-0.25, -0.2) is 4.79 Å². The molecule has 0 spiro atoms. The molecule has 0 aliphatic heterocycles. The summed E-state index contributed by atoms with van der Waals surface area (Å²) in [6.07, 6.45) is 0. The van der Waals surface area contributed by atoms with Crippen LogP contribution < -0.4 is 16.4 Å². The van der Waals surface area contributed by atoms with Crippen LogP contribution in [-0.4, -0.2) is 11.9 Å². The van der Waals surface area contributed by atoms with Gasteiger partial charge in [-0.15, -0.1) is 0 Å². The van der Waals surface area contributed by atoms with E-state index in [1.165, 1.54) is 5.56 Å². The van der Waals surface area contributed by atoms with Gasteiger partial charge >= 0.3 is 6.03 Å². The number of hydrogen-bond donors (Lipinski definition) is 3. The van der Waals surface area contributed by atoms with E-state index in [9.17, 15) is 9.59 Å². The first kappa shape index (κ1) is 20.6. The molecular weight excluding hydrogens is 338 g/mol. The van der Waals surface area contributed by atoms with Gasteiger partial charge in [-0.1, -0.05) is 82.3 Å². The third-order valence-electron chi connectivity index (χ3n) is 4.79. The molecule has 0 saturated carbocycles. The first-order valence-electron chi connectivity index (χ1n) is 9.39. The molecule has 3 amide bonds. The third-order valence-corrected chi connectivity index (χ3v) is 4.79. The van der Waals surface area contributed by atoms with Gasteiger partial charge in [-0.2, -0.15) is 0 Å². The van der Waals surface area contributed by atoms with E-state index in [-0.39, 0.29) is 6.04 Å². The summed E-state index contributed by atoms with van der Waals surface area (Å²) in [5.41, 5.74) is 8.44. The molecular formula is C22H30N3O2+. The van der Waals surface area contributed by atoms with Crippen molar-refractivity contribution in [1.82, 2.24) is 5.32 Å². The van der Waals surface area contributed by atoms with Crippen LogP contribution in [0.2, 0.25) is 0 Å². The Kier molecular flexibility index (Phi) is 7.13. The lowest BCUT2D eigenvalue weighted by Gasteiger charge is -2.25. The zero-order valence-corrected chi connectivity index (χ0v) is 16.5. The van der Waals surface area contributed by atoms with Gasteiger partial charge in [0, 0.05) is 17.0 Å². The summed E-state index contributed by atoms with van der Waals surface area (Å²) in [6, 6.07) is 16.7. The first-order chi connectivity index (χ1) is 12.8. The Morgan fingerprint density at radius 3 is 1.89 bits per heavy atom. The second kappa shape index (κ2) is 9.33. The normalized spacial score (nSPS) is 13.4. The number of carbonyl (C=O) groups excluding carboxylic acids is 2. The molecule has 0 radical (unpaired) electrons. The number of hydrogen-bond acceptors (Lipinski definition) is 2. The number of amides is 3. The van der Waals surface area contributed by atoms with E-state index < -0.39 is 18.0 Å². The number of benzene rings is 2. The third kappa shape index (κ3) is 5.66. The molecule has 27 heavy (non-hydrogen) atoms. The Balaban J connectivity index is 2.33. The van der Waals surface area contributed by atoms with Gasteiger partial charge in [0.1, 0.15) is 6.04 Å². The molecule has 2 aromatic rings. The van der Waals surface area contributed by atoms with E-state index in [2.05, 4.69) is 57.3 Å². The van der Waals surface area contributed by atoms with Crippen LogP contribution in [0.3, 0.4) is 0 Å². The average Bonchev–Trinajstić information content (AvgIpc) is 2.62. The Morgan fingerprint density at radius 1 is 0.852 bits per heavy atom. The summed E-state index contributed by atoms with van der Waals surface area (Å²) in [6.45, 7) is 8.60. The van der Waals surface area contributed by atoms with Crippen molar-refractivity contribution in [1.29, 1.82) is 0 Å². The fourth-order valence-corrected chi connectivity index (χ4v) is 3.24. The number of rotatable bonds is 7. The van der Waals surface area contributed by atoms with Crippen LogP contribution in [0.4, 0.5) is 4.79 Å². The van der Waals surface area contributed by atoms with E-state index in [1.807, 2.05) is 35.6 Å². The second-order valence-corrected chi connectivity index (χ2v) is 7.53. The van der Waals surface area contributed by atoms with Gasteiger partial charge in [-0.3, -0.25) is 10.1 Å². The van der Waals surface area contributed by atoms with Gasteiger partial charge in [0.15, 0.2) is 6.04 Å². The summed E-state index contributed by atoms with van der Waals surface area (Å²) in [4.78, 5) is 23.9. The molecule has 0 aliphatic carbocycles. The van der Waals surface area contributed by atoms with E-state index in [0.29, 0.717) is 11.8 Å². The number of nitrogens with one attached hydrogen (secondary N) is 1. The van der Waals surface area contributed by atoms with E-state index >= 15 is 0 Å². The highest BCUT2D eigenvalue weighted by atomic mass is 16.2. The summed E-state index contributed by atoms with van der Waals surface area (Å²) in [7, 11) is 0. The van der Waals surface area contributed by atoms with Crippen LogP contribution in [-0.2, 0) is 4.79 Å². The van der Waals surface area contributed by atoms with Crippen molar-refractivity contribution in [3.8, 4) is 0 Å². The molecule has 2 rings (SSSR count). The van der Waals surface area contributed by atoms with Crippen molar-refractivity contribution >= 4 is 11.9 Å². The van der Waals surface area contributed by atoms with Crippen LogP contribution in [0.15, 0.2) is 54.6 Å². The maximum atomic E-state index is 12.6.